The lowest BCUT2D eigenvalue weighted by Crippen LogP contribution is -2.44. The molecule has 0 unspecified atom stereocenters. The minimum Gasteiger partial charge on any atom is -0.314 e. The minimum absolute atomic E-state index is 0.244. The molecule has 6 heteroatoms. The molecule has 1 N–H and O–H groups in total. The Morgan fingerprint density at radius 3 is 2.82 bits per heavy atom. The molecule has 1 aromatic heterocycles. The van der Waals surface area contributed by atoms with E-state index in [0.717, 1.165) is 38.2 Å². The van der Waals surface area contributed by atoms with Crippen LogP contribution >= 0.6 is 11.3 Å². The van der Waals surface area contributed by atoms with Crippen molar-refractivity contribution in [3.8, 4) is 0 Å². The van der Waals surface area contributed by atoms with Crippen LogP contribution in [0.5, 0.6) is 0 Å². The smallest absolute Gasteiger partial charge is 0.314 e. The summed E-state index contributed by atoms with van der Waals surface area (Å²) in [6.07, 6.45) is 0.994. The molecule has 1 aliphatic rings. The van der Waals surface area contributed by atoms with Crippen molar-refractivity contribution in [3.05, 3.63) is 27.1 Å². The van der Waals surface area contributed by atoms with E-state index in [4.69, 9.17) is 0 Å². The molecule has 0 aromatic carbocycles. The van der Waals surface area contributed by atoms with Crippen LogP contribution in [0, 0.1) is 10.1 Å². The van der Waals surface area contributed by atoms with Crippen molar-refractivity contribution < 1.29 is 4.92 Å². The number of thiophene rings is 1. The molecule has 1 fully saturated rings. The Morgan fingerprint density at radius 2 is 2.29 bits per heavy atom. The van der Waals surface area contributed by atoms with Gasteiger partial charge in [0, 0.05) is 43.7 Å². The predicted octanol–water partition coefficient (Wildman–Crippen LogP) is 2.01. The second-order valence-electron chi connectivity index (χ2n) is 4.19. The quantitative estimate of drug-likeness (QED) is 0.660. The van der Waals surface area contributed by atoms with Crippen LogP contribution in [0.15, 0.2) is 11.4 Å². The van der Waals surface area contributed by atoms with Crippen molar-refractivity contribution in [2.45, 2.75) is 19.4 Å². The Morgan fingerprint density at radius 1 is 1.59 bits per heavy atom. The SMILES string of the molecule is CC[C@@H](c1csc([N+](=O)[O-])c1)N1CCNCC1. The monoisotopic (exact) mass is 255 g/mol. The highest BCUT2D eigenvalue weighted by molar-refractivity contribution is 7.13. The molecule has 0 saturated carbocycles. The normalized spacial score (nSPS) is 19.1. The highest BCUT2D eigenvalue weighted by Crippen LogP contribution is 2.31. The number of nitrogens with zero attached hydrogens (tertiary/aromatic N) is 2. The molecule has 94 valence electrons. The zero-order valence-corrected chi connectivity index (χ0v) is 10.7. The molecule has 5 nitrogen and oxygen atoms in total. The fourth-order valence-electron chi connectivity index (χ4n) is 2.31. The molecule has 2 rings (SSSR count). The van der Waals surface area contributed by atoms with Crippen LogP contribution in [-0.2, 0) is 0 Å². The van der Waals surface area contributed by atoms with Gasteiger partial charge in [0.1, 0.15) is 0 Å². The van der Waals surface area contributed by atoms with E-state index in [1.54, 1.807) is 6.07 Å². The van der Waals surface area contributed by atoms with Crippen LogP contribution in [0.25, 0.3) is 0 Å². The molecule has 0 bridgehead atoms. The summed E-state index contributed by atoms with van der Waals surface area (Å²) in [5, 5.41) is 16.2. The maximum absolute atomic E-state index is 10.7. The van der Waals surface area contributed by atoms with Crippen molar-refractivity contribution in [1.29, 1.82) is 0 Å². The Balaban J connectivity index is 2.12. The second kappa shape index (κ2) is 5.57. The number of rotatable bonds is 4. The molecule has 1 aliphatic heterocycles. The zero-order chi connectivity index (χ0) is 12.3. The molecular formula is C11H17N3O2S. The zero-order valence-electron chi connectivity index (χ0n) is 9.89. The van der Waals surface area contributed by atoms with E-state index in [1.807, 2.05) is 5.38 Å². The van der Waals surface area contributed by atoms with Crippen molar-refractivity contribution in [1.82, 2.24) is 10.2 Å². The summed E-state index contributed by atoms with van der Waals surface area (Å²) in [6, 6.07) is 2.04. The maximum atomic E-state index is 10.7. The third-order valence-corrected chi connectivity index (χ3v) is 4.05. The number of hydrogen-bond donors (Lipinski definition) is 1. The van der Waals surface area contributed by atoms with E-state index in [-0.39, 0.29) is 9.92 Å². The maximum Gasteiger partial charge on any atom is 0.324 e. The molecule has 1 atom stereocenters. The second-order valence-corrected chi connectivity index (χ2v) is 5.08. The van der Waals surface area contributed by atoms with Crippen LogP contribution in [0.1, 0.15) is 24.9 Å². The first-order valence-electron chi connectivity index (χ1n) is 5.90. The fourth-order valence-corrected chi connectivity index (χ4v) is 3.08. The number of nitrogens with one attached hydrogen (secondary N) is 1. The third kappa shape index (κ3) is 2.83. The van der Waals surface area contributed by atoms with Gasteiger partial charge >= 0.3 is 5.00 Å². The van der Waals surface area contributed by atoms with Crippen molar-refractivity contribution in [2.24, 2.45) is 0 Å². The van der Waals surface area contributed by atoms with Crippen molar-refractivity contribution in [3.63, 3.8) is 0 Å². The minimum atomic E-state index is -0.307. The van der Waals surface area contributed by atoms with Gasteiger partial charge in [0.2, 0.25) is 0 Å². The molecule has 1 aromatic rings. The summed E-state index contributed by atoms with van der Waals surface area (Å²) < 4.78 is 0. The Bertz CT molecular complexity index is 388. The summed E-state index contributed by atoms with van der Waals surface area (Å²) in [6.45, 7) is 6.17. The van der Waals surface area contributed by atoms with Crippen LogP contribution in [0.2, 0.25) is 0 Å². The van der Waals surface area contributed by atoms with E-state index in [2.05, 4.69) is 17.1 Å². The molecular weight excluding hydrogens is 238 g/mol. The summed E-state index contributed by atoms with van der Waals surface area (Å²) in [4.78, 5) is 12.8. The standard InChI is InChI=1S/C11H17N3O2S/c1-2-10(13-5-3-12-4-6-13)9-7-11(14(15)16)17-8-9/h7-8,10,12H,2-6H2,1H3/t10-/m0/s1. The Labute approximate surface area is 105 Å². The molecule has 0 radical (unpaired) electrons. The first-order valence-corrected chi connectivity index (χ1v) is 6.78. The Kier molecular flexibility index (Phi) is 4.09. The third-order valence-electron chi connectivity index (χ3n) is 3.15. The van der Waals surface area contributed by atoms with Crippen LogP contribution in [-0.4, -0.2) is 36.0 Å². The molecule has 2 heterocycles. The predicted molar refractivity (Wildman–Crippen MR) is 68.4 cm³/mol. The van der Waals surface area contributed by atoms with Gasteiger partial charge in [-0.2, -0.15) is 0 Å². The summed E-state index contributed by atoms with van der Waals surface area (Å²) >= 11 is 1.22. The van der Waals surface area contributed by atoms with Gasteiger partial charge in [-0.1, -0.05) is 18.3 Å². The molecule has 0 amide bonds. The van der Waals surface area contributed by atoms with Gasteiger partial charge in [-0.05, 0) is 12.0 Å². The van der Waals surface area contributed by atoms with E-state index >= 15 is 0 Å². The molecule has 17 heavy (non-hydrogen) atoms. The summed E-state index contributed by atoms with van der Waals surface area (Å²) in [5.74, 6) is 0. The van der Waals surface area contributed by atoms with E-state index in [0.29, 0.717) is 6.04 Å². The van der Waals surface area contributed by atoms with Gasteiger partial charge in [0.25, 0.3) is 0 Å². The average molecular weight is 255 g/mol. The van der Waals surface area contributed by atoms with E-state index < -0.39 is 0 Å². The first kappa shape index (κ1) is 12.5. The number of piperazine rings is 1. The Hall–Kier alpha value is -0.980. The van der Waals surface area contributed by atoms with Gasteiger partial charge in [-0.25, -0.2) is 0 Å². The fraction of sp³-hybridized carbons (Fsp3) is 0.636. The lowest BCUT2D eigenvalue weighted by molar-refractivity contribution is -0.380. The lowest BCUT2D eigenvalue weighted by atomic mass is 10.1. The van der Waals surface area contributed by atoms with Gasteiger partial charge < -0.3 is 5.32 Å². The summed E-state index contributed by atoms with van der Waals surface area (Å²) in [5.41, 5.74) is 1.09. The van der Waals surface area contributed by atoms with Crippen molar-refractivity contribution in [2.75, 3.05) is 26.2 Å². The van der Waals surface area contributed by atoms with Crippen LogP contribution < -0.4 is 5.32 Å². The topological polar surface area (TPSA) is 58.4 Å². The van der Waals surface area contributed by atoms with Gasteiger partial charge in [-0.15, -0.1) is 0 Å². The highest BCUT2D eigenvalue weighted by Gasteiger charge is 2.23. The lowest BCUT2D eigenvalue weighted by Gasteiger charge is -2.34. The van der Waals surface area contributed by atoms with Gasteiger partial charge in [-0.3, -0.25) is 15.0 Å². The van der Waals surface area contributed by atoms with Gasteiger partial charge in [0.15, 0.2) is 0 Å². The number of nitro groups is 1. The molecule has 1 saturated heterocycles. The average Bonchev–Trinajstić information content (AvgIpc) is 2.81. The molecule has 0 aliphatic carbocycles. The van der Waals surface area contributed by atoms with Crippen LogP contribution in [0.3, 0.4) is 0 Å². The van der Waals surface area contributed by atoms with Crippen molar-refractivity contribution >= 4 is 16.3 Å². The highest BCUT2D eigenvalue weighted by atomic mass is 32.1. The largest absolute Gasteiger partial charge is 0.324 e. The first-order chi connectivity index (χ1) is 8.22. The summed E-state index contributed by atoms with van der Waals surface area (Å²) in [7, 11) is 0. The van der Waals surface area contributed by atoms with E-state index in [1.165, 1.54) is 11.3 Å². The number of hydrogen-bond acceptors (Lipinski definition) is 5. The van der Waals surface area contributed by atoms with E-state index in [9.17, 15) is 10.1 Å². The van der Waals surface area contributed by atoms with Crippen LogP contribution in [0.4, 0.5) is 5.00 Å². The van der Waals surface area contributed by atoms with Gasteiger partial charge in [0.05, 0.1) is 4.92 Å². The molecule has 0 spiro atoms.